The molecular formula is C22H21F2N7O2. The van der Waals surface area contributed by atoms with Crippen molar-refractivity contribution in [3.63, 3.8) is 0 Å². The van der Waals surface area contributed by atoms with E-state index in [9.17, 15) is 13.6 Å². The smallest absolute Gasteiger partial charge is 0.387 e. The van der Waals surface area contributed by atoms with Gasteiger partial charge in [0.15, 0.2) is 5.75 Å². The second-order valence-electron chi connectivity index (χ2n) is 7.81. The maximum absolute atomic E-state index is 12.6. The summed E-state index contributed by atoms with van der Waals surface area (Å²) in [5, 5.41) is 7.27. The van der Waals surface area contributed by atoms with Gasteiger partial charge < -0.3 is 20.4 Å². The third-order valence-corrected chi connectivity index (χ3v) is 5.62. The minimum absolute atomic E-state index is 0.0775. The van der Waals surface area contributed by atoms with Crippen molar-refractivity contribution in [2.45, 2.75) is 38.0 Å². The summed E-state index contributed by atoms with van der Waals surface area (Å²) in [7, 11) is 0. The lowest BCUT2D eigenvalue weighted by Gasteiger charge is -2.15. The van der Waals surface area contributed by atoms with Crippen LogP contribution in [0.1, 0.15) is 19.3 Å². The van der Waals surface area contributed by atoms with Crippen molar-refractivity contribution >= 4 is 22.7 Å². The first-order valence-electron chi connectivity index (χ1n) is 10.5. The largest absolute Gasteiger partial charge is 0.432 e. The molecule has 11 heteroatoms. The molecule has 33 heavy (non-hydrogen) atoms. The number of pyridine rings is 2. The molecule has 0 aromatic carbocycles. The number of fused-ring (bicyclic) bond motifs is 1. The Bertz CT molecular complexity index is 1290. The first-order valence-corrected chi connectivity index (χ1v) is 10.5. The van der Waals surface area contributed by atoms with Gasteiger partial charge in [-0.15, -0.1) is 0 Å². The second kappa shape index (κ2) is 8.85. The van der Waals surface area contributed by atoms with Crippen LogP contribution in [0.4, 0.5) is 20.5 Å². The topological polar surface area (TPSA) is 110 Å². The molecule has 0 aliphatic heterocycles. The zero-order valence-electron chi connectivity index (χ0n) is 17.4. The fourth-order valence-corrected chi connectivity index (χ4v) is 4.06. The Kier molecular flexibility index (Phi) is 5.59. The summed E-state index contributed by atoms with van der Waals surface area (Å²) in [6, 6.07) is 7.69. The summed E-state index contributed by atoms with van der Waals surface area (Å²) in [6.45, 7) is -2.90. The van der Waals surface area contributed by atoms with Crippen molar-refractivity contribution in [3.05, 3.63) is 65.6 Å². The highest BCUT2D eigenvalue weighted by Crippen LogP contribution is 2.25. The number of alkyl halides is 2. The minimum Gasteiger partial charge on any atom is -0.432 e. The van der Waals surface area contributed by atoms with Gasteiger partial charge in [0.1, 0.15) is 5.82 Å². The Hall–Kier alpha value is -4.02. The molecule has 170 valence electrons. The molecule has 4 aromatic heterocycles. The van der Waals surface area contributed by atoms with E-state index < -0.39 is 6.61 Å². The van der Waals surface area contributed by atoms with Gasteiger partial charge in [0.25, 0.3) is 5.56 Å². The number of H-pyrrole nitrogens is 1. The van der Waals surface area contributed by atoms with Crippen LogP contribution < -0.4 is 20.9 Å². The van der Waals surface area contributed by atoms with Gasteiger partial charge in [-0.25, -0.2) is 15.0 Å². The van der Waals surface area contributed by atoms with Gasteiger partial charge in [0.05, 0.1) is 35.2 Å². The summed E-state index contributed by atoms with van der Waals surface area (Å²) < 4.78 is 30.3. The van der Waals surface area contributed by atoms with Crippen LogP contribution in [0.2, 0.25) is 0 Å². The molecule has 1 aliphatic rings. The van der Waals surface area contributed by atoms with Crippen molar-refractivity contribution in [1.29, 1.82) is 0 Å². The number of aromatic amines is 1. The van der Waals surface area contributed by atoms with E-state index in [1.807, 2.05) is 18.2 Å². The van der Waals surface area contributed by atoms with E-state index in [0.29, 0.717) is 17.0 Å². The van der Waals surface area contributed by atoms with Gasteiger partial charge in [-0.3, -0.25) is 9.36 Å². The highest BCUT2D eigenvalue weighted by Gasteiger charge is 2.25. The highest BCUT2D eigenvalue weighted by atomic mass is 19.3. The number of anilines is 2. The number of rotatable bonds is 7. The lowest BCUT2D eigenvalue weighted by molar-refractivity contribution is -0.0503. The maximum atomic E-state index is 12.6. The summed E-state index contributed by atoms with van der Waals surface area (Å²) in [5.41, 5.74) is 1.39. The number of ether oxygens (including phenoxy) is 1. The first kappa shape index (κ1) is 20.9. The molecule has 0 spiro atoms. The summed E-state index contributed by atoms with van der Waals surface area (Å²) >= 11 is 0. The SMILES string of the molecule is O=c1c2cc[nH]c2ccn1-c1ccc(N[C@H]2CC[C@H](Nc3ncc(OC(F)F)cn3)C2)nc1. The second-order valence-corrected chi connectivity index (χ2v) is 7.81. The van der Waals surface area contributed by atoms with Crippen LogP contribution in [0.3, 0.4) is 0 Å². The molecule has 2 atom stereocenters. The molecule has 1 aliphatic carbocycles. The number of nitrogens with one attached hydrogen (secondary N) is 3. The van der Waals surface area contributed by atoms with Crippen LogP contribution in [-0.2, 0) is 0 Å². The summed E-state index contributed by atoms with van der Waals surface area (Å²) in [4.78, 5) is 28.2. The van der Waals surface area contributed by atoms with Crippen LogP contribution in [0.15, 0.2) is 60.0 Å². The molecule has 4 heterocycles. The fourth-order valence-electron chi connectivity index (χ4n) is 4.06. The Morgan fingerprint density at radius 1 is 1.03 bits per heavy atom. The van der Waals surface area contributed by atoms with E-state index in [0.717, 1.165) is 30.6 Å². The lowest BCUT2D eigenvalue weighted by Crippen LogP contribution is -2.22. The number of nitrogens with zero attached hydrogens (tertiary/aromatic N) is 4. The molecule has 4 aromatic rings. The van der Waals surface area contributed by atoms with Crippen LogP contribution in [0, 0.1) is 0 Å². The van der Waals surface area contributed by atoms with Crippen molar-refractivity contribution in [2.24, 2.45) is 0 Å². The molecule has 3 N–H and O–H groups in total. The zero-order valence-corrected chi connectivity index (χ0v) is 17.4. The molecule has 0 amide bonds. The van der Waals surface area contributed by atoms with Gasteiger partial charge >= 0.3 is 6.61 Å². The van der Waals surface area contributed by atoms with Crippen LogP contribution in [-0.4, -0.2) is 43.2 Å². The Balaban J connectivity index is 1.18. The number of aromatic nitrogens is 5. The fraction of sp³-hybridized carbons (Fsp3) is 0.273. The van der Waals surface area contributed by atoms with E-state index >= 15 is 0 Å². The molecule has 0 bridgehead atoms. The van der Waals surface area contributed by atoms with Crippen molar-refractivity contribution in [2.75, 3.05) is 10.6 Å². The third kappa shape index (κ3) is 4.61. The first-order chi connectivity index (χ1) is 16.0. The Morgan fingerprint density at radius 3 is 2.55 bits per heavy atom. The highest BCUT2D eigenvalue weighted by molar-refractivity contribution is 5.78. The molecular weight excluding hydrogens is 432 g/mol. The predicted octanol–water partition coefficient (Wildman–Crippen LogP) is 3.55. The van der Waals surface area contributed by atoms with Gasteiger partial charge in [-0.1, -0.05) is 0 Å². The Morgan fingerprint density at radius 2 is 1.82 bits per heavy atom. The molecule has 0 unspecified atom stereocenters. The van der Waals surface area contributed by atoms with Gasteiger partial charge in [-0.05, 0) is 43.5 Å². The predicted molar refractivity (Wildman–Crippen MR) is 119 cm³/mol. The van der Waals surface area contributed by atoms with Gasteiger partial charge in [-0.2, -0.15) is 8.78 Å². The number of halogens is 2. The maximum Gasteiger partial charge on any atom is 0.387 e. The van der Waals surface area contributed by atoms with E-state index in [1.54, 1.807) is 29.2 Å². The number of hydrogen-bond donors (Lipinski definition) is 3. The standard InChI is InChI=1S/C22H21F2N7O2/c23-21(24)33-16-11-27-22(28-12-16)30-14-2-1-13(9-14)29-19-4-3-15(10-26-19)31-8-6-18-17(20(31)32)5-7-25-18/h3-8,10-14,21,25H,1-2,9H2,(H,26,29)(H,27,28,30)/t13-,14-/m0/s1. The van der Waals surface area contributed by atoms with Crippen LogP contribution in [0.25, 0.3) is 16.6 Å². The van der Waals surface area contributed by atoms with Crippen molar-refractivity contribution < 1.29 is 13.5 Å². The van der Waals surface area contributed by atoms with E-state index in [2.05, 4.69) is 35.3 Å². The summed E-state index contributed by atoms with van der Waals surface area (Å²) in [6.07, 6.45) is 10.2. The molecule has 5 rings (SSSR count). The monoisotopic (exact) mass is 453 g/mol. The zero-order chi connectivity index (χ0) is 22.8. The summed E-state index contributed by atoms with van der Waals surface area (Å²) in [5.74, 6) is 1.02. The molecule has 1 saturated carbocycles. The van der Waals surface area contributed by atoms with E-state index in [1.165, 1.54) is 12.4 Å². The molecule has 0 saturated heterocycles. The average molecular weight is 453 g/mol. The van der Waals surface area contributed by atoms with E-state index in [4.69, 9.17) is 0 Å². The average Bonchev–Trinajstić information content (AvgIpc) is 3.46. The van der Waals surface area contributed by atoms with Gasteiger partial charge in [0, 0.05) is 24.5 Å². The molecule has 1 fully saturated rings. The number of hydrogen-bond acceptors (Lipinski definition) is 7. The van der Waals surface area contributed by atoms with Crippen LogP contribution in [0.5, 0.6) is 5.75 Å². The lowest BCUT2D eigenvalue weighted by atomic mass is 10.2. The third-order valence-electron chi connectivity index (χ3n) is 5.62. The minimum atomic E-state index is -2.90. The normalized spacial score (nSPS) is 18.0. The van der Waals surface area contributed by atoms with Gasteiger partial charge in [0.2, 0.25) is 5.95 Å². The van der Waals surface area contributed by atoms with Crippen molar-refractivity contribution in [1.82, 2.24) is 24.5 Å². The van der Waals surface area contributed by atoms with Crippen LogP contribution >= 0.6 is 0 Å². The van der Waals surface area contributed by atoms with E-state index in [-0.39, 0.29) is 23.4 Å². The van der Waals surface area contributed by atoms with Crippen molar-refractivity contribution in [3.8, 4) is 11.4 Å². The quantitative estimate of drug-likeness (QED) is 0.393. The molecule has 9 nitrogen and oxygen atoms in total. The Labute approximate surface area is 186 Å². The molecule has 0 radical (unpaired) electrons.